The Labute approximate surface area is 53.6 Å². The van der Waals surface area contributed by atoms with E-state index in [0.29, 0.717) is 13.0 Å². The van der Waals surface area contributed by atoms with Gasteiger partial charge in [0.15, 0.2) is 0 Å². The van der Waals surface area contributed by atoms with Crippen molar-refractivity contribution in [2.75, 3.05) is 6.61 Å². The zero-order valence-corrected chi connectivity index (χ0v) is 5.33. The smallest absolute Gasteiger partial charge is 0.311 e. The van der Waals surface area contributed by atoms with E-state index in [1.807, 2.05) is 0 Å². The van der Waals surface area contributed by atoms with Crippen molar-refractivity contribution in [2.24, 2.45) is 5.92 Å². The lowest BCUT2D eigenvalue weighted by molar-refractivity contribution is -0.159. The Morgan fingerprint density at radius 3 is 2.89 bits per heavy atom. The summed E-state index contributed by atoms with van der Waals surface area (Å²) in [6.45, 7) is 2.04. The van der Waals surface area contributed by atoms with Crippen molar-refractivity contribution in [1.82, 2.24) is 0 Å². The van der Waals surface area contributed by atoms with Crippen LogP contribution in [0.3, 0.4) is 0 Å². The summed E-state index contributed by atoms with van der Waals surface area (Å²) in [5, 5.41) is 9.05. The van der Waals surface area contributed by atoms with Gasteiger partial charge in [-0.05, 0) is 6.92 Å². The average molecular weight is 130 g/mol. The van der Waals surface area contributed by atoms with Gasteiger partial charge >= 0.3 is 5.97 Å². The zero-order valence-electron chi connectivity index (χ0n) is 5.33. The lowest BCUT2D eigenvalue weighted by Crippen LogP contribution is -2.34. The number of carbonyl (C=O) groups excluding carboxylic acids is 1. The van der Waals surface area contributed by atoms with Crippen LogP contribution < -0.4 is 0 Å². The van der Waals surface area contributed by atoms with Gasteiger partial charge in [-0.2, -0.15) is 0 Å². The third-order valence-corrected chi connectivity index (χ3v) is 1.61. The van der Waals surface area contributed by atoms with Crippen molar-refractivity contribution in [3.05, 3.63) is 0 Å². The number of carbonyl (C=O) groups is 1. The summed E-state index contributed by atoms with van der Waals surface area (Å²) in [4.78, 5) is 10.6. The maximum Gasteiger partial charge on any atom is 0.311 e. The molecule has 2 atom stereocenters. The second-order valence-corrected chi connectivity index (χ2v) is 2.31. The topological polar surface area (TPSA) is 46.5 Å². The van der Waals surface area contributed by atoms with E-state index in [0.717, 1.165) is 0 Å². The van der Waals surface area contributed by atoms with Crippen LogP contribution in [0.5, 0.6) is 0 Å². The third kappa shape index (κ3) is 1.21. The molecule has 0 radical (unpaired) electrons. The standard InChI is InChI=1S/C6H10O3/c1-4-5(7)2-3-9-6(4)8/h4-5,7H,2-3H2,1H3/t4?,5-/m1/s1. The predicted molar refractivity (Wildman–Crippen MR) is 30.7 cm³/mol. The van der Waals surface area contributed by atoms with Gasteiger partial charge in [0.25, 0.3) is 0 Å². The molecule has 1 rings (SSSR count). The Morgan fingerprint density at radius 1 is 1.78 bits per heavy atom. The van der Waals surface area contributed by atoms with Gasteiger partial charge in [-0.1, -0.05) is 0 Å². The average Bonchev–Trinajstić information content (AvgIpc) is 1.83. The lowest BCUT2D eigenvalue weighted by Gasteiger charge is -2.22. The predicted octanol–water partition coefficient (Wildman–Crippen LogP) is -0.0697. The normalized spacial score (nSPS) is 36.0. The molecule has 9 heavy (non-hydrogen) atoms. The van der Waals surface area contributed by atoms with Crippen molar-refractivity contribution in [3.8, 4) is 0 Å². The highest BCUT2D eigenvalue weighted by Crippen LogP contribution is 2.14. The summed E-state index contributed by atoms with van der Waals surface area (Å²) < 4.78 is 4.66. The first kappa shape index (κ1) is 6.55. The minimum Gasteiger partial charge on any atom is -0.465 e. The molecule has 52 valence electrons. The highest BCUT2D eigenvalue weighted by atomic mass is 16.5. The van der Waals surface area contributed by atoms with Crippen molar-refractivity contribution in [3.63, 3.8) is 0 Å². The SMILES string of the molecule is CC1C(=O)OCC[C@H]1O. The van der Waals surface area contributed by atoms with Gasteiger partial charge in [-0.15, -0.1) is 0 Å². The van der Waals surface area contributed by atoms with Crippen LogP contribution >= 0.6 is 0 Å². The summed E-state index contributed by atoms with van der Waals surface area (Å²) in [6, 6.07) is 0. The molecule has 3 heteroatoms. The first-order valence-corrected chi connectivity index (χ1v) is 3.06. The Morgan fingerprint density at radius 2 is 2.44 bits per heavy atom. The number of aliphatic hydroxyl groups excluding tert-OH is 1. The van der Waals surface area contributed by atoms with Crippen LogP contribution in [-0.4, -0.2) is 23.8 Å². The van der Waals surface area contributed by atoms with Crippen LogP contribution in [0.1, 0.15) is 13.3 Å². The number of aliphatic hydroxyl groups is 1. The number of esters is 1. The largest absolute Gasteiger partial charge is 0.465 e. The van der Waals surface area contributed by atoms with E-state index in [2.05, 4.69) is 4.74 Å². The highest BCUT2D eigenvalue weighted by molar-refractivity contribution is 5.73. The van der Waals surface area contributed by atoms with E-state index in [-0.39, 0.29) is 11.9 Å². The summed E-state index contributed by atoms with van der Waals surface area (Å²) in [5.41, 5.74) is 0. The van der Waals surface area contributed by atoms with E-state index in [1.54, 1.807) is 6.92 Å². The molecule has 0 spiro atoms. The second-order valence-electron chi connectivity index (χ2n) is 2.31. The minimum absolute atomic E-state index is 0.284. The Balaban J connectivity index is 2.51. The van der Waals surface area contributed by atoms with E-state index in [4.69, 9.17) is 5.11 Å². The molecular weight excluding hydrogens is 120 g/mol. The molecule has 3 nitrogen and oxygen atoms in total. The molecule has 1 N–H and O–H groups in total. The summed E-state index contributed by atoms with van der Waals surface area (Å²) >= 11 is 0. The molecule has 0 aromatic rings. The quantitative estimate of drug-likeness (QED) is 0.467. The van der Waals surface area contributed by atoms with Crippen LogP contribution in [0.4, 0.5) is 0 Å². The fourth-order valence-corrected chi connectivity index (χ4v) is 0.819. The van der Waals surface area contributed by atoms with Crippen molar-refractivity contribution in [2.45, 2.75) is 19.4 Å². The van der Waals surface area contributed by atoms with Crippen LogP contribution in [-0.2, 0) is 9.53 Å². The molecule has 0 saturated carbocycles. The van der Waals surface area contributed by atoms with E-state index < -0.39 is 6.10 Å². The highest BCUT2D eigenvalue weighted by Gasteiger charge is 2.27. The molecule has 1 unspecified atom stereocenters. The first-order chi connectivity index (χ1) is 4.22. The van der Waals surface area contributed by atoms with Gasteiger partial charge in [0.1, 0.15) is 0 Å². The molecule has 0 aromatic carbocycles. The monoisotopic (exact) mass is 130 g/mol. The molecule has 0 aromatic heterocycles. The second kappa shape index (κ2) is 2.35. The molecule has 0 amide bonds. The molecule has 1 saturated heterocycles. The van der Waals surface area contributed by atoms with Crippen molar-refractivity contribution >= 4 is 5.97 Å². The van der Waals surface area contributed by atoms with Gasteiger partial charge in [0.2, 0.25) is 0 Å². The summed E-state index contributed by atoms with van der Waals surface area (Å²) in [6.07, 6.45) is 0.0821. The molecule has 1 aliphatic heterocycles. The van der Waals surface area contributed by atoms with Gasteiger partial charge in [0, 0.05) is 6.42 Å². The molecule has 0 aliphatic carbocycles. The summed E-state index contributed by atoms with van der Waals surface area (Å²) in [7, 11) is 0. The Hall–Kier alpha value is -0.570. The maximum atomic E-state index is 10.6. The van der Waals surface area contributed by atoms with E-state index in [9.17, 15) is 4.79 Å². The minimum atomic E-state index is -0.494. The van der Waals surface area contributed by atoms with Crippen LogP contribution in [0, 0.1) is 5.92 Å². The maximum absolute atomic E-state index is 10.6. The number of hydrogen-bond donors (Lipinski definition) is 1. The fraction of sp³-hybridized carbons (Fsp3) is 0.833. The molecule has 1 heterocycles. The number of hydrogen-bond acceptors (Lipinski definition) is 3. The van der Waals surface area contributed by atoms with Gasteiger partial charge in [-0.25, -0.2) is 0 Å². The fourth-order valence-electron chi connectivity index (χ4n) is 0.819. The number of ether oxygens (including phenoxy) is 1. The van der Waals surface area contributed by atoms with Gasteiger partial charge < -0.3 is 9.84 Å². The molecule has 1 aliphatic rings. The Bertz CT molecular complexity index is 121. The molecular formula is C6H10O3. The number of rotatable bonds is 0. The van der Waals surface area contributed by atoms with E-state index in [1.165, 1.54) is 0 Å². The third-order valence-electron chi connectivity index (χ3n) is 1.61. The lowest BCUT2D eigenvalue weighted by atomic mass is 10.0. The summed E-state index contributed by atoms with van der Waals surface area (Å²) in [5.74, 6) is -0.618. The Kier molecular flexibility index (Phi) is 1.71. The zero-order chi connectivity index (χ0) is 6.85. The molecule has 1 fully saturated rings. The van der Waals surface area contributed by atoms with Crippen molar-refractivity contribution < 1.29 is 14.6 Å². The van der Waals surface area contributed by atoms with Gasteiger partial charge in [0.05, 0.1) is 18.6 Å². The van der Waals surface area contributed by atoms with Gasteiger partial charge in [-0.3, -0.25) is 4.79 Å². The van der Waals surface area contributed by atoms with Crippen LogP contribution in [0.25, 0.3) is 0 Å². The first-order valence-electron chi connectivity index (χ1n) is 3.06. The van der Waals surface area contributed by atoms with Crippen LogP contribution in [0.15, 0.2) is 0 Å². The van der Waals surface area contributed by atoms with Crippen LogP contribution in [0.2, 0.25) is 0 Å². The van der Waals surface area contributed by atoms with E-state index >= 15 is 0 Å². The molecule has 0 bridgehead atoms. The number of cyclic esters (lactones) is 1. The van der Waals surface area contributed by atoms with Crippen molar-refractivity contribution in [1.29, 1.82) is 0 Å².